The summed E-state index contributed by atoms with van der Waals surface area (Å²) in [4.78, 5) is 23.7. The molecule has 0 spiro atoms. The molecule has 0 bridgehead atoms. The average molecular weight is 488 g/mol. The molecule has 0 aliphatic carbocycles. The molecule has 0 aliphatic rings. The third-order valence-electron chi connectivity index (χ3n) is 4.40. The monoisotopic (exact) mass is 487 g/mol. The number of nitrogens with one attached hydrogen (secondary N) is 2. The summed E-state index contributed by atoms with van der Waals surface area (Å²) in [7, 11) is 1.46. The summed E-state index contributed by atoms with van der Waals surface area (Å²) in [6, 6.07) is 17.5. The Morgan fingerprint density at radius 3 is 2.47 bits per heavy atom. The number of imide groups is 1. The second-order valence-corrected chi connectivity index (χ2v) is 8.75. The predicted octanol–water partition coefficient (Wildman–Crippen LogP) is 3.89. The standard InChI is InChI=1S/C21H22BrN5O2S/c1-14(19(28)24-20(29)23-2)30-21-26-25-18(16-8-10-17(22)11-9-16)27(21)13-12-15-6-4-3-5-7-15/h3-11,14H,12-13H2,1-2H3,(H2,23,24,28,29). The zero-order valence-electron chi connectivity index (χ0n) is 16.6. The van der Waals surface area contributed by atoms with Gasteiger partial charge in [0.15, 0.2) is 11.0 Å². The fourth-order valence-electron chi connectivity index (χ4n) is 2.76. The van der Waals surface area contributed by atoms with Gasteiger partial charge < -0.3 is 9.88 Å². The summed E-state index contributed by atoms with van der Waals surface area (Å²) in [5.74, 6) is 0.349. The van der Waals surface area contributed by atoms with Crippen LogP contribution in [0.4, 0.5) is 4.79 Å². The third kappa shape index (κ3) is 5.70. The first-order valence-electron chi connectivity index (χ1n) is 9.40. The number of rotatable bonds is 7. The van der Waals surface area contributed by atoms with Gasteiger partial charge in [0.1, 0.15) is 0 Å². The van der Waals surface area contributed by atoms with Gasteiger partial charge in [-0.3, -0.25) is 10.1 Å². The highest BCUT2D eigenvalue weighted by Gasteiger charge is 2.22. The second kappa shape index (κ2) is 10.4. The van der Waals surface area contributed by atoms with Gasteiger partial charge in [-0.15, -0.1) is 10.2 Å². The zero-order valence-corrected chi connectivity index (χ0v) is 19.0. The van der Waals surface area contributed by atoms with Crippen molar-refractivity contribution in [2.45, 2.75) is 30.3 Å². The van der Waals surface area contributed by atoms with Gasteiger partial charge in [0.25, 0.3) is 0 Å². The van der Waals surface area contributed by atoms with Gasteiger partial charge in [-0.25, -0.2) is 4.79 Å². The predicted molar refractivity (Wildman–Crippen MR) is 121 cm³/mol. The number of aryl methyl sites for hydroxylation is 1. The zero-order chi connectivity index (χ0) is 21.5. The van der Waals surface area contributed by atoms with Crippen molar-refractivity contribution in [2.24, 2.45) is 0 Å². The molecule has 1 unspecified atom stereocenters. The van der Waals surface area contributed by atoms with E-state index in [0.717, 1.165) is 22.3 Å². The highest BCUT2D eigenvalue weighted by molar-refractivity contribution is 9.10. The number of aromatic nitrogens is 3. The van der Waals surface area contributed by atoms with Crippen LogP contribution in [0.1, 0.15) is 12.5 Å². The van der Waals surface area contributed by atoms with Crippen LogP contribution in [0.3, 0.4) is 0 Å². The summed E-state index contributed by atoms with van der Waals surface area (Å²) in [5.41, 5.74) is 2.14. The molecule has 30 heavy (non-hydrogen) atoms. The average Bonchev–Trinajstić information content (AvgIpc) is 3.15. The summed E-state index contributed by atoms with van der Waals surface area (Å²) in [6.45, 7) is 2.40. The highest BCUT2D eigenvalue weighted by atomic mass is 79.9. The minimum Gasteiger partial charge on any atom is -0.341 e. The van der Waals surface area contributed by atoms with Gasteiger partial charge in [-0.1, -0.05) is 70.2 Å². The maximum Gasteiger partial charge on any atom is 0.321 e. The van der Waals surface area contributed by atoms with Crippen molar-refractivity contribution in [1.29, 1.82) is 0 Å². The lowest BCUT2D eigenvalue weighted by molar-refractivity contribution is -0.119. The Kier molecular flexibility index (Phi) is 7.64. The Morgan fingerprint density at radius 1 is 1.10 bits per heavy atom. The lowest BCUT2D eigenvalue weighted by atomic mass is 10.1. The minimum atomic E-state index is -0.534. The molecule has 3 amide bonds. The highest BCUT2D eigenvalue weighted by Crippen LogP contribution is 2.28. The van der Waals surface area contributed by atoms with Crippen LogP contribution < -0.4 is 10.6 Å². The SMILES string of the molecule is CNC(=O)NC(=O)C(C)Sc1nnc(-c2ccc(Br)cc2)n1CCc1ccccc1. The van der Waals surface area contributed by atoms with Crippen LogP contribution >= 0.6 is 27.7 Å². The summed E-state index contributed by atoms with van der Waals surface area (Å²) in [5, 5.41) is 13.5. The largest absolute Gasteiger partial charge is 0.341 e. The minimum absolute atomic E-state index is 0.387. The molecule has 0 saturated heterocycles. The number of amides is 3. The van der Waals surface area contributed by atoms with E-state index >= 15 is 0 Å². The molecule has 1 atom stereocenters. The molecule has 0 saturated carbocycles. The summed E-state index contributed by atoms with van der Waals surface area (Å²) < 4.78 is 3.00. The molecule has 2 aromatic carbocycles. The number of benzene rings is 2. The van der Waals surface area contributed by atoms with Crippen LogP contribution in [0.15, 0.2) is 64.2 Å². The Morgan fingerprint density at radius 2 is 1.80 bits per heavy atom. The van der Waals surface area contributed by atoms with E-state index in [1.807, 2.05) is 47.0 Å². The second-order valence-electron chi connectivity index (χ2n) is 6.53. The molecule has 1 heterocycles. The normalized spacial score (nSPS) is 11.7. The first-order chi connectivity index (χ1) is 14.5. The molecule has 3 rings (SSSR count). The van der Waals surface area contributed by atoms with Gasteiger partial charge >= 0.3 is 6.03 Å². The maximum atomic E-state index is 12.3. The first kappa shape index (κ1) is 22.0. The van der Waals surface area contributed by atoms with Crippen molar-refractivity contribution in [3.63, 3.8) is 0 Å². The van der Waals surface area contributed by atoms with E-state index in [1.54, 1.807) is 6.92 Å². The number of thioether (sulfide) groups is 1. The maximum absolute atomic E-state index is 12.3. The van der Waals surface area contributed by atoms with Crippen LogP contribution in [0.5, 0.6) is 0 Å². The molecule has 0 radical (unpaired) electrons. The van der Waals surface area contributed by atoms with Crippen LogP contribution in [0.2, 0.25) is 0 Å². The number of carbonyl (C=O) groups excluding carboxylic acids is 2. The van der Waals surface area contributed by atoms with Gasteiger partial charge in [-0.05, 0) is 31.0 Å². The van der Waals surface area contributed by atoms with Crippen LogP contribution in [-0.2, 0) is 17.8 Å². The molecule has 1 aromatic heterocycles. The van der Waals surface area contributed by atoms with Crippen molar-refractivity contribution in [2.75, 3.05) is 7.05 Å². The summed E-state index contributed by atoms with van der Waals surface area (Å²) >= 11 is 4.73. The van der Waals surface area contributed by atoms with Crippen LogP contribution in [-0.4, -0.2) is 39.0 Å². The molecule has 0 aliphatic heterocycles. The quantitative estimate of drug-likeness (QED) is 0.493. The number of hydrogen-bond acceptors (Lipinski definition) is 5. The molecular weight excluding hydrogens is 466 g/mol. The topological polar surface area (TPSA) is 88.9 Å². The van der Waals surface area contributed by atoms with Crippen LogP contribution in [0, 0.1) is 0 Å². The van der Waals surface area contributed by atoms with E-state index in [-0.39, 0.29) is 5.91 Å². The molecular formula is C21H22BrN5O2S. The van der Waals surface area contributed by atoms with E-state index in [4.69, 9.17) is 0 Å². The van der Waals surface area contributed by atoms with E-state index < -0.39 is 11.3 Å². The molecule has 156 valence electrons. The molecule has 7 nitrogen and oxygen atoms in total. The first-order valence-corrected chi connectivity index (χ1v) is 11.1. The Hall–Kier alpha value is -2.65. The Bertz CT molecular complexity index is 1010. The van der Waals surface area contributed by atoms with Crippen molar-refractivity contribution in [3.05, 3.63) is 64.6 Å². The lowest BCUT2D eigenvalue weighted by Gasteiger charge is -2.13. The van der Waals surface area contributed by atoms with E-state index in [9.17, 15) is 9.59 Å². The van der Waals surface area contributed by atoms with Crippen molar-refractivity contribution >= 4 is 39.6 Å². The van der Waals surface area contributed by atoms with Gasteiger partial charge in [0.2, 0.25) is 5.91 Å². The van der Waals surface area contributed by atoms with Gasteiger partial charge in [0, 0.05) is 23.6 Å². The molecule has 9 heteroatoms. The summed E-state index contributed by atoms with van der Waals surface area (Å²) in [6.07, 6.45) is 0.800. The fraction of sp³-hybridized carbons (Fsp3) is 0.238. The van der Waals surface area contributed by atoms with Gasteiger partial charge in [-0.2, -0.15) is 0 Å². The Balaban J connectivity index is 1.85. The van der Waals surface area contributed by atoms with Crippen LogP contribution in [0.25, 0.3) is 11.4 Å². The van der Waals surface area contributed by atoms with Gasteiger partial charge in [0.05, 0.1) is 5.25 Å². The van der Waals surface area contributed by atoms with Crippen molar-refractivity contribution in [1.82, 2.24) is 25.4 Å². The molecule has 2 N–H and O–H groups in total. The fourth-order valence-corrected chi connectivity index (χ4v) is 3.90. The van der Waals surface area contributed by atoms with E-state index in [0.29, 0.717) is 11.7 Å². The number of urea groups is 1. The van der Waals surface area contributed by atoms with Crippen molar-refractivity contribution in [3.8, 4) is 11.4 Å². The number of carbonyl (C=O) groups is 2. The Labute approximate surface area is 187 Å². The van der Waals surface area contributed by atoms with E-state index in [1.165, 1.54) is 24.4 Å². The smallest absolute Gasteiger partial charge is 0.321 e. The molecule has 3 aromatic rings. The number of hydrogen-bond donors (Lipinski definition) is 2. The third-order valence-corrected chi connectivity index (χ3v) is 6.01. The van der Waals surface area contributed by atoms with Crippen molar-refractivity contribution < 1.29 is 9.59 Å². The number of nitrogens with zero attached hydrogens (tertiary/aromatic N) is 3. The number of halogens is 1. The van der Waals surface area contributed by atoms with E-state index in [2.05, 4.69) is 48.9 Å². The molecule has 0 fully saturated rings. The lowest BCUT2D eigenvalue weighted by Crippen LogP contribution is -2.41.